The van der Waals surface area contributed by atoms with E-state index in [0.717, 1.165) is 38.9 Å². The number of halogens is 1. The van der Waals surface area contributed by atoms with Crippen LogP contribution in [-0.2, 0) is 69.3 Å². The molecule has 2 aliphatic rings. The Hall–Kier alpha value is -5.15. The Morgan fingerprint density at radius 3 is 1.70 bits per heavy atom. The van der Waals surface area contributed by atoms with Gasteiger partial charge in [0.25, 0.3) is 0 Å². The summed E-state index contributed by atoms with van der Waals surface area (Å²) in [5.74, 6) is -0.120. The highest BCUT2D eigenvalue weighted by Crippen LogP contribution is 2.41. The second-order valence-corrected chi connectivity index (χ2v) is 14.6. The molecule has 6 aromatic carbocycles. The zero-order chi connectivity index (χ0) is 40.6. The first-order valence-electron chi connectivity index (χ1n) is 20.6. The van der Waals surface area contributed by atoms with Crippen LogP contribution in [-0.4, -0.2) is 38.1 Å². The van der Waals surface area contributed by atoms with Gasteiger partial charge in [0.15, 0.2) is 0 Å². The number of fused-ring (bicyclic) bond motifs is 1. The molecule has 0 spiro atoms. The molecule has 1 aliphatic heterocycles. The van der Waals surface area contributed by atoms with Crippen LogP contribution in [0.2, 0.25) is 0 Å². The van der Waals surface area contributed by atoms with Gasteiger partial charge in [0.1, 0.15) is 42.1 Å². The molecule has 6 aromatic rings. The van der Waals surface area contributed by atoms with E-state index in [0.29, 0.717) is 36.3 Å². The molecule has 6 nitrogen and oxygen atoms in total. The van der Waals surface area contributed by atoms with Crippen molar-refractivity contribution in [2.24, 2.45) is 0 Å². The minimum Gasteiger partial charge on any atom is -0.496 e. The summed E-state index contributed by atoms with van der Waals surface area (Å²) in [6, 6.07) is 48.7. The summed E-state index contributed by atoms with van der Waals surface area (Å²) < 4.78 is 73.3. The second kappa shape index (κ2) is 18.9. The molecule has 0 N–H and O–H groups in total. The Labute approximate surface area is 337 Å². The molecule has 292 valence electrons. The average Bonchev–Trinajstić information content (AvgIpc) is 3.26. The first kappa shape index (κ1) is 36.2. The molecule has 1 aliphatic carbocycles. The predicted molar refractivity (Wildman–Crippen MR) is 218 cm³/mol. The zero-order valence-corrected chi connectivity index (χ0v) is 32.1. The van der Waals surface area contributed by atoms with Gasteiger partial charge >= 0.3 is 0 Å². The normalized spacial score (nSPS) is 21.5. The topological polar surface area (TPSA) is 55.4 Å². The van der Waals surface area contributed by atoms with Gasteiger partial charge in [0, 0.05) is 20.8 Å². The molecule has 8 rings (SSSR count). The molecule has 0 radical (unpaired) electrons. The van der Waals surface area contributed by atoms with Crippen molar-refractivity contribution in [2.75, 3.05) is 13.7 Å². The molecule has 1 heterocycles. The van der Waals surface area contributed by atoms with E-state index in [1.807, 2.05) is 140 Å². The number of benzene rings is 6. The third-order valence-electron chi connectivity index (χ3n) is 10.6. The van der Waals surface area contributed by atoms with Crippen LogP contribution in [0.15, 0.2) is 152 Å². The van der Waals surface area contributed by atoms with Crippen molar-refractivity contribution in [1.29, 1.82) is 0 Å². The van der Waals surface area contributed by atoms with Crippen molar-refractivity contribution in [3.8, 4) is 5.75 Å². The number of aryl methyl sites for hydroxylation is 2. The van der Waals surface area contributed by atoms with Crippen LogP contribution in [0.1, 0.15) is 58.9 Å². The average molecular weight is 767 g/mol. The van der Waals surface area contributed by atoms with Crippen LogP contribution in [0, 0.1) is 5.82 Å². The Balaban J connectivity index is 1.19. The Bertz CT molecular complexity index is 2260. The van der Waals surface area contributed by atoms with Crippen LogP contribution < -0.4 is 4.74 Å². The summed E-state index contributed by atoms with van der Waals surface area (Å²) in [4.78, 5) is 0. The fourth-order valence-corrected chi connectivity index (χ4v) is 7.56. The van der Waals surface area contributed by atoms with Gasteiger partial charge in [-0.1, -0.05) is 140 Å². The van der Waals surface area contributed by atoms with E-state index in [-0.39, 0.29) is 26.4 Å². The third kappa shape index (κ3) is 9.70. The minimum absolute atomic E-state index is 0.142. The van der Waals surface area contributed by atoms with E-state index >= 15 is 4.39 Å². The molecule has 5 atom stereocenters. The highest BCUT2D eigenvalue weighted by Gasteiger charge is 2.49. The summed E-state index contributed by atoms with van der Waals surface area (Å²) in [6.07, 6.45) is -4.45. The van der Waals surface area contributed by atoms with Crippen molar-refractivity contribution in [2.45, 2.75) is 76.2 Å². The Kier molecular flexibility index (Phi) is 12.0. The highest BCUT2D eigenvalue weighted by molar-refractivity contribution is 5.45. The van der Waals surface area contributed by atoms with Gasteiger partial charge in [-0.05, 0) is 63.4 Å². The van der Waals surface area contributed by atoms with Crippen LogP contribution in [0.4, 0.5) is 4.39 Å². The molecule has 1 fully saturated rings. The summed E-state index contributed by atoms with van der Waals surface area (Å²) in [6.45, 7) is 1.25. The van der Waals surface area contributed by atoms with E-state index in [9.17, 15) is 0 Å². The third-order valence-corrected chi connectivity index (χ3v) is 10.6. The van der Waals surface area contributed by atoms with Gasteiger partial charge in [-0.2, -0.15) is 0 Å². The largest absolute Gasteiger partial charge is 0.496 e. The molecule has 0 saturated carbocycles. The van der Waals surface area contributed by atoms with Gasteiger partial charge in [0.2, 0.25) is 0 Å². The predicted octanol–water partition coefficient (Wildman–Crippen LogP) is 9.94. The number of hydrogen-bond donors (Lipinski definition) is 0. The first-order valence-corrected chi connectivity index (χ1v) is 19.6. The van der Waals surface area contributed by atoms with Crippen molar-refractivity contribution in [3.63, 3.8) is 0 Å². The monoisotopic (exact) mass is 766 g/mol. The zero-order valence-electron chi connectivity index (χ0n) is 34.1. The second-order valence-electron chi connectivity index (χ2n) is 14.6. The summed E-state index contributed by atoms with van der Waals surface area (Å²) in [5.41, 5.74) is 7.53. The molecular weight excluding hydrogens is 716 g/mol. The Morgan fingerprint density at radius 1 is 0.596 bits per heavy atom. The van der Waals surface area contributed by atoms with Crippen molar-refractivity contribution >= 4 is 0 Å². The fraction of sp³-hybridized carbons (Fsp3) is 0.280. The molecule has 0 aromatic heterocycles. The lowest BCUT2D eigenvalue weighted by Gasteiger charge is -2.46. The van der Waals surface area contributed by atoms with Crippen molar-refractivity contribution in [3.05, 3.63) is 208 Å². The summed E-state index contributed by atoms with van der Waals surface area (Å²) >= 11 is 0. The maximum absolute atomic E-state index is 16.8. The summed E-state index contributed by atoms with van der Waals surface area (Å²) in [7, 11) is 1.53. The van der Waals surface area contributed by atoms with Crippen LogP contribution >= 0.6 is 0 Å². The molecule has 57 heavy (non-hydrogen) atoms. The maximum atomic E-state index is 16.8. The van der Waals surface area contributed by atoms with Crippen LogP contribution in [0.3, 0.4) is 0 Å². The smallest absolute Gasteiger partial charge is 0.132 e. The SMILES string of the molecule is [2H]C1([2H])Cc2ccc(Cc3cc([C@@H]4O[C@H](COCc5ccccc5)[C@@H](OCc5ccccc5)[C@H](OCc5ccccc5)[C@H]4OCc4ccccc4)c(F)cc3OC)cc21. The molecular formula is C50H49FO6. The van der Waals surface area contributed by atoms with Crippen LogP contribution in [0.25, 0.3) is 0 Å². The van der Waals surface area contributed by atoms with Gasteiger partial charge in [-0.15, -0.1) is 0 Å². The van der Waals surface area contributed by atoms with Gasteiger partial charge < -0.3 is 28.4 Å². The first-order chi connectivity index (χ1) is 28.8. The minimum atomic E-state index is -1.37. The maximum Gasteiger partial charge on any atom is 0.132 e. The van der Waals surface area contributed by atoms with E-state index in [1.54, 1.807) is 6.07 Å². The van der Waals surface area contributed by atoms with Gasteiger partial charge in [0.05, 0.1) is 40.1 Å². The quantitative estimate of drug-likeness (QED) is 0.0922. The molecule has 0 bridgehead atoms. The lowest BCUT2D eigenvalue weighted by Crippen LogP contribution is -2.58. The van der Waals surface area contributed by atoms with E-state index in [4.69, 9.17) is 31.2 Å². The van der Waals surface area contributed by atoms with Gasteiger partial charge in [-0.25, -0.2) is 4.39 Å². The molecule has 7 heteroatoms. The van der Waals surface area contributed by atoms with Gasteiger partial charge in [-0.3, -0.25) is 0 Å². The van der Waals surface area contributed by atoms with E-state index in [2.05, 4.69) is 0 Å². The molecule has 0 amide bonds. The van der Waals surface area contributed by atoms with Crippen LogP contribution in [0.5, 0.6) is 5.75 Å². The molecule has 0 unspecified atom stereocenters. The highest BCUT2D eigenvalue weighted by atomic mass is 19.1. The number of hydrogen-bond acceptors (Lipinski definition) is 6. The number of methoxy groups -OCH3 is 1. The Morgan fingerprint density at radius 2 is 1.14 bits per heavy atom. The number of ether oxygens (including phenoxy) is 6. The van der Waals surface area contributed by atoms with Crippen molar-refractivity contribution in [1.82, 2.24) is 0 Å². The fourth-order valence-electron chi connectivity index (χ4n) is 7.56. The van der Waals surface area contributed by atoms with Crippen molar-refractivity contribution < 1.29 is 35.6 Å². The van der Waals surface area contributed by atoms with E-state index in [1.165, 1.54) is 13.2 Å². The summed E-state index contributed by atoms with van der Waals surface area (Å²) in [5, 5.41) is 0. The molecule has 1 saturated heterocycles. The lowest BCUT2D eigenvalue weighted by molar-refractivity contribution is -0.275. The standard InChI is InChI=1S/C50H49FO6/c1-52-45-29-44(51)43(28-42(45)27-39-22-23-40-24-25-41(40)26-39)47-49(55-32-37-18-10-4-11-19-37)50(56-33-38-20-12-5-13-21-38)48(54-31-36-16-8-3-9-17-36)46(57-47)34-53-30-35-14-6-2-7-15-35/h2-23,26,28-29,46-50H,24-25,27,30-34H2,1H3/t46-,47+,48-,49+,50+/m1/s1/i25D2. The van der Waals surface area contributed by atoms with E-state index < -0.39 is 42.7 Å². The number of rotatable bonds is 17. The lowest BCUT2D eigenvalue weighted by atomic mass is 9.85.